The van der Waals surface area contributed by atoms with Crippen molar-refractivity contribution in [2.45, 2.75) is 6.04 Å². The van der Waals surface area contributed by atoms with Gasteiger partial charge in [-0.1, -0.05) is 11.2 Å². The van der Waals surface area contributed by atoms with Gasteiger partial charge in [-0.05, 0) is 35.9 Å². The maximum atomic E-state index is 12.7. The topological polar surface area (TPSA) is 83.4 Å². The van der Waals surface area contributed by atoms with Gasteiger partial charge in [0, 0.05) is 5.56 Å². The summed E-state index contributed by atoms with van der Waals surface area (Å²) < 4.78 is 20.7. The molecule has 0 N–H and O–H groups in total. The van der Waals surface area contributed by atoms with E-state index in [1.54, 1.807) is 30.3 Å². The van der Waals surface area contributed by atoms with Crippen molar-refractivity contribution in [2.75, 3.05) is 28.4 Å². The third kappa shape index (κ3) is 3.71. The predicted octanol–water partition coefficient (Wildman–Crippen LogP) is 3.41. The normalized spacial score (nSPS) is 11.4. The molecule has 2 aromatic rings. The molecule has 0 fully saturated rings. The highest BCUT2D eigenvalue weighted by atomic mass is 16.5. The molecule has 0 amide bonds. The molecule has 0 aliphatic carbocycles. The van der Waals surface area contributed by atoms with E-state index in [9.17, 15) is 9.70 Å². The quantitative estimate of drug-likeness (QED) is 0.538. The molecule has 7 nitrogen and oxygen atoms in total. The third-order valence-corrected chi connectivity index (χ3v) is 3.75. The second-order valence-corrected chi connectivity index (χ2v) is 5.06. The number of Topliss-reactive ketones (excluding diaryl/α,β-unsaturated/α-hetero) is 1. The molecule has 25 heavy (non-hydrogen) atoms. The van der Waals surface area contributed by atoms with E-state index in [1.807, 2.05) is 0 Å². The molecule has 2 rings (SSSR count). The van der Waals surface area contributed by atoms with E-state index in [1.165, 1.54) is 34.5 Å². The van der Waals surface area contributed by atoms with Gasteiger partial charge < -0.3 is 18.9 Å². The summed E-state index contributed by atoms with van der Waals surface area (Å²) in [5.41, 5.74) is 0.699. The summed E-state index contributed by atoms with van der Waals surface area (Å²) in [5.74, 6) is 1.33. The van der Waals surface area contributed by atoms with Crippen LogP contribution in [-0.2, 0) is 0 Å². The summed E-state index contributed by atoms with van der Waals surface area (Å²) in [6.45, 7) is 0. The Bertz CT molecular complexity index is 774. The number of carbonyl (C=O) groups excluding carboxylic acids is 1. The minimum absolute atomic E-state index is 0.289. The summed E-state index contributed by atoms with van der Waals surface area (Å²) in [7, 11) is 5.94. The van der Waals surface area contributed by atoms with Gasteiger partial charge in [0.2, 0.25) is 0 Å². The number of ether oxygens (including phenoxy) is 4. The summed E-state index contributed by atoms with van der Waals surface area (Å²) in [6.07, 6.45) is 0. The lowest BCUT2D eigenvalue weighted by atomic mass is 9.97. The number of ketones is 1. The maximum absolute atomic E-state index is 12.7. The van der Waals surface area contributed by atoms with Gasteiger partial charge in [0.25, 0.3) is 0 Å². The molecule has 132 valence electrons. The average molecular weight is 345 g/mol. The second-order valence-electron chi connectivity index (χ2n) is 5.06. The number of hydrogen-bond donors (Lipinski definition) is 0. The Morgan fingerprint density at radius 3 is 1.84 bits per heavy atom. The predicted molar refractivity (Wildman–Crippen MR) is 92.0 cm³/mol. The van der Waals surface area contributed by atoms with E-state index < -0.39 is 11.8 Å². The lowest BCUT2D eigenvalue weighted by Crippen LogP contribution is -2.11. The van der Waals surface area contributed by atoms with Crippen LogP contribution in [0.5, 0.6) is 23.0 Å². The SMILES string of the molecule is COc1ccc(C(=O)C(N=O)c2ccc(OC)c(OC)c2)cc1OC. The molecule has 0 aromatic heterocycles. The lowest BCUT2D eigenvalue weighted by Gasteiger charge is -2.14. The van der Waals surface area contributed by atoms with Crippen molar-refractivity contribution in [3.8, 4) is 23.0 Å². The fourth-order valence-corrected chi connectivity index (χ4v) is 2.43. The van der Waals surface area contributed by atoms with Gasteiger partial charge in [0.1, 0.15) is 0 Å². The molecule has 2 aromatic carbocycles. The van der Waals surface area contributed by atoms with E-state index >= 15 is 0 Å². The van der Waals surface area contributed by atoms with Gasteiger partial charge in [-0.25, -0.2) is 0 Å². The monoisotopic (exact) mass is 345 g/mol. The van der Waals surface area contributed by atoms with Crippen LogP contribution in [0.4, 0.5) is 0 Å². The zero-order chi connectivity index (χ0) is 18.4. The lowest BCUT2D eigenvalue weighted by molar-refractivity contribution is 0.0961. The summed E-state index contributed by atoms with van der Waals surface area (Å²) >= 11 is 0. The van der Waals surface area contributed by atoms with Crippen LogP contribution >= 0.6 is 0 Å². The Balaban J connectivity index is 2.40. The molecule has 0 bridgehead atoms. The van der Waals surface area contributed by atoms with Crippen LogP contribution in [-0.4, -0.2) is 34.2 Å². The molecule has 0 spiro atoms. The minimum atomic E-state index is -1.21. The maximum Gasteiger partial charge on any atom is 0.195 e. The summed E-state index contributed by atoms with van der Waals surface area (Å²) in [5, 5.41) is 3.00. The van der Waals surface area contributed by atoms with E-state index in [0.717, 1.165) is 0 Å². The Morgan fingerprint density at radius 2 is 1.32 bits per heavy atom. The fraction of sp³-hybridized carbons (Fsp3) is 0.278. The number of methoxy groups -OCH3 is 4. The summed E-state index contributed by atoms with van der Waals surface area (Å²) in [6, 6.07) is 8.24. The van der Waals surface area contributed by atoms with Crippen LogP contribution in [0.15, 0.2) is 41.6 Å². The van der Waals surface area contributed by atoms with Gasteiger partial charge in [-0.2, -0.15) is 0 Å². The van der Waals surface area contributed by atoms with Crippen molar-refractivity contribution in [2.24, 2.45) is 5.18 Å². The number of nitrogens with zero attached hydrogens (tertiary/aromatic N) is 1. The molecule has 1 unspecified atom stereocenters. The molecule has 0 aliphatic heterocycles. The van der Waals surface area contributed by atoms with E-state index in [2.05, 4.69) is 5.18 Å². The van der Waals surface area contributed by atoms with E-state index in [4.69, 9.17) is 18.9 Å². The smallest absolute Gasteiger partial charge is 0.195 e. The van der Waals surface area contributed by atoms with Gasteiger partial charge in [0.05, 0.1) is 28.4 Å². The van der Waals surface area contributed by atoms with Gasteiger partial charge in [-0.15, -0.1) is 4.91 Å². The number of hydrogen-bond acceptors (Lipinski definition) is 7. The van der Waals surface area contributed by atoms with Crippen molar-refractivity contribution in [3.63, 3.8) is 0 Å². The fourth-order valence-electron chi connectivity index (χ4n) is 2.43. The first-order valence-electron chi connectivity index (χ1n) is 7.40. The van der Waals surface area contributed by atoms with Crippen molar-refractivity contribution >= 4 is 5.78 Å². The standard InChI is InChI=1S/C18H19NO6/c1-22-13-7-5-11(9-15(13)24-3)17(19-21)18(20)12-6-8-14(23-2)16(10-12)25-4/h5-10,17H,1-4H3. The van der Waals surface area contributed by atoms with Crippen molar-refractivity contribution < 1.29 is 23.7 Å². The first-order valence-corrected chi connectivity index (χ1v) is 7.40. The molecule has 0 radical (unpaired) electrons. The second kappa shape index (κ2) is 8.14. The average Bonchev–Trinajstić information content (AvgIpc) is 2.67. The largest absolute Gasteiger partial charge is 0.493 e. The molecule has 0 aliphatic rings. The highest BCUT2D eigenvalue weighted by Gasteiger charge is 2.25. The van der Waals surface area contributed by atoms with Crippen LogP contribution < -0.4 is 18.9 Å². The van der Waals surface area contributed by atoms with Crippen molar-refractivity contribution in [1.82, 2.24) is 0 Å². The first kappa shape index (κ1) is 18.3. The van der Waals surface area contributed by atoms with E-state index in [-0.39, 0.29) is 5.56 Å². The number of carbonyl (C=O) groups is 1. The summed E-state index contributed by atoms with van der Waals surface area (Å²) in [4.78, 5) is 24.1. The van der Waals surface area contributed by atoms with Crippen molar-refractivity contribution in [1.29, 1.82) is 0 Å². The molecule has 0 saturated heterocycles. The molecule has 0 heterocycles. The van der Waals surface area contributed by atoms with Crippen LogP contribution in [0.2, 0.25) is 0 Å². The Labute approximate surface area is 145 Å². The Morgan fingerprint density at radius 1 is 0.800 bits per heavy atom. The zero-order valence-electron chi connectivity index (χ0n) is 14.4. The van der Waals surface area contributed by atoms with Gasteiger partial charge in [0.15, 0.2) is 34.8 Å². The highest BCUT2D eigenvalue weighted by Crippen LogP contribution is 2.34. The minimum Gasteiger partial charge on any atom is -0.493 e. The molecule has 1 atom stereocenters. The first-order chi connectivity index (χ1) is 12.1. The van der Waals surface area contributed by atoms with Gasteiger partial charge in [-0.3, -0.25) is 4.79 Å². The molecular formula is C18H19NO6. The third-order valence-electron chi connectivity index (χ3n) is 3.75. The van der Waals surface area contributed by atoms with E-state index in [0.29, 0.717) is 28.6 Å². The Hall–Kier alpha value is -3.09. The van der Waals surface area contributed by atoms with Crippen molar-refractivity contribution in [3.05, 3.63) is 52.4 Å². The number of benzene rings is 2. The Kier molecular flexibility index (Phi) is 5.94. The van der Waals surface area contributed by atoms with Crippen LogP contribution in [0.3, 0.4) is 0 Å². The number of nitroso groups, excluding NO2 is 1. The molecule has 0 saturated carbocycles. The zero-order valence-corrected chi connectivity index (χ0v) is 14.4. The van der Waals surface area contributed by atoms with Crippen LogP contribution in [0, 0.1) is 4.91 Å². The van der Waals surface area contributed by atoms with Crippen LogP contribution in [0.1, 0.15) is 22.0 Å². The molecular weight excluding hydrogens is 326 g/mol. The van der Waals surface area contributed by atoms with Gasteiger partial charge >= 0.3 is 0 Å². The molecule has 7 heteroatoms. The highest BCUT2D eigenvalue weighted by molar-refractivity contribution is 6.01. The van der Waals surface area contributed by atoms with Crippen LogP contribution in [0.25, 0.3) is 0 Å². The number of rotatable bonds is 8.